The van der Waals surface area contributed by atoms with Crippen LogP contribution >= 0.6 is 12.4 Å². The van der Waals surface area contributed by atoms with Gasteiger partial charge in [0.1, 0.15) is 0 Å². The summed E-state index contributed by atoms with van der Waals surface area (Å²) in [6.07, 6.45) is 10.8. The predicted octanol–water partition coefficient (Wildman–Crippen LogP) is 2.79. The van der Waals surface area contributed by atoms with Crippen LogP contribution in [0.5, 0.6) is 0 Å². The van der Waals surface area contributed by atoms with Gasteiger partial charge in [-0.1, -0.05) is 19.3 Å². The largest absolute Gasteiger partial charge is 0.378 e. The average Bonchev–Trinajstić information content (AvgIpc) is 3.00. The van der Waals surface area contributed by atoms with Crippen LogP contribution in [0.1, 0.15) is 64.7 Å². The molecule has 1 spiro atoms. The van der Waals surface area contributed by atoms with Crippen LogP contribution in [0.15, 0.2) is 0 Å². The second-order valence-electron chi connectivity index (χ2n) is 7.09. The standard InChI is InChI=1S/C17H30N2O2.ClH/c1-2-21-15-12-14(17(15)8-4-3-5-9-17)19-16(20)11-13-7-6-10-18-13;/h13-15,18H,2-12H2,1H3,(H,19,20);1H. The zero-order valence-corrected chi connectivity index (χ0v) is 14.6. The van der Waals surface area contributed by atoms with Gasteiger partial charge in [0.2, 0.25) is 5.91 Å². The zero-order chi connectivity index (χ0) is 14.7. The van der Waals surface area contributed by atoms with Gasteiger partial charge in [-0.05, 0) is 45.6 Å². The van der Waals surface area contributed by atoms with Crippen molar-refractivity contribution < 1.29 is 9.53 Å². The van der Waals surface area contributed by atoms with E-state index in [1.165, 1.54) is 38.5 Å². The highest BCUT2D eigenvalue weighted by Gasteiger charge is 2.56. The van der Waals surface area contributed by atoms with Gasteiger partial charge < -0.3 is 15.4 Å². The van der Waals surface area contributed by atoms with Crippen molar-refractivity contribution in [3.63, 3.8) is 0 Å². The molecule has 1 amide bonds. The van der Waals surface area contributed by atoms with Crippen LogP contribution in [-0.4, -0.2) is 37.2 Å². The topological polar surface area (TPSA) is 50.4 Å². The van der Waals surface area contributed by atoms with Crippen LogP contribution in [0.3, 0.4) is 0 Å². The van der Waals surface area contributed by atoms with E-state index < -0.39 is 0 Å². The fourth-order valence-corrected chi connectivity index (χ4v) is 4.67. The van der Waals surface area contributed by atoms with Gasteiger partial charge in [-0.25, -0.2) is 0 Å². The number of hydrogen-bond acceptors (Lipinski definition) is 3. The molecule has 0 aromatic carbocycles. The lowest BCUT2D eigenvalue weighted by Crippen LogP contribution is -2.65. The minimum atomic E-state index is 0. The summed E-state index contributed by atoms with van der Waals surface area (Å²) in [5.74, 6) is 0.235. The first kappa shape index (κ1) is 18.0. The lowest BCUT2D eigenvalue weighted by Gasteiger charge is -2.57. The maximum atomic E-state index is 12.3. The highest BCUT2D eigenvalue weighted by atomic mass is 35.5. The Kier molecular flexibility index (Phi) is 6.54. The lowest BCUT2D eigenvalue weighted by molar-refractivity contribution is -0.157. The molecule has 3 aliphatic rings. The van der Waals surface area contributed by atoms with E-state index >= 15 is 0 Å². The Morgan fingerprint density at radius 3 is 2.68 bits per heavy atom. The van der Waals surface area contributed by atoms with Crippen LogP contribution < -0.4 is 10.6 Å². The monoisotopic (exact) mass is 330 g/mol. The van der Waals surface area contributed by atoms with E-state index in [9.17, 15) is 4.79 Å². The summed E-state index contributed by atoms with van der Waals surface area (Å²) in [4.78, 5) is 12.3. The molecular formula is C17H31ClN2O2. The highest BCUT2D eigenvalue weighted by Crippen LogP contribution is 2.53. The van der Waals surface area contributed by atoms with E-state index in [1.54, 1.807) is 0 Å². The summed E-state index contributed by atoms with van der Waals surface area (Å²) < 4.78 is 5.95. The number of halogens is 1. The molecule has 5 heteroatoms. The molecule has 3 atom stereocenters. The molecule has 1 aliphatic heterocycles. The number of amides is 1. The van der Waals surface area contributed by atoms with Crippen LogP contribution in [0.25, 0.3) is 0 Å². The maximum Gasteiger partial charge on any atom is 0.221 e. The third kappa shape index (κ3) is 3.60. The molecule has 0 aromatic heterocycles. The van der Waals surface area contributed by atoms with E-state index in [0.29, 0.717) is 24.6 Å². The summed E-state index contributed by atoms with van der Waals surface area (Å²) in [7, 11) is 0. The molecule has 2 N–H and O–H groups in total. The average molecular weight is 331 g/mol. The molecule has 3 fully saturated rings. The second-order valence-corrected chi connectivity index (χ2v) is 7.09. The first-order chi connectivity index (χ1) is 10.2. The number of rotatable bonds is 5. The molecule has 3 rings (SSSR count). The first-order valence-electron chi connectivity index (χ1n) is 8.89. The van der Waals surface area contributed by atoms with Crippen LogP contribution in [0, 0.1) is 5.41 Å². The molecule has 3 unspecified atom stereocenters. The highest BCUT2D eigenvalue weighted by molar-refractivity contribution is 5.85. The van der Waals surface area contributed by atoms with Crippen molar-refractivity contribution in [2.24, 2.45) is 5.41 Å². The van der Waals surface area contributed by atoms with Crippen molar-refractivity contribution >= 4 is 18.3 Å². The summed E-state index contributed by atoms with van der Waals surface area (Å²) in [6, 6.07) is 0.748. The smallest absolute Gasteiger partial charge is 0.221 e. The number of nitrogens with one attached hydrogen (secondary N) is 2. The Labute approximate surface area is 140 Å². The van der Waals surface area contributed by atoms with Gasteiger partial charge >= 0.3 is 0 Å². The molecule has 0 bridgehead atoms. The summed E-state index contributed by atoms with van der Waals surface area (Å²) in [5.41, 5.74) is 0.243. The van der Waals surface area contributed by atoms with Gasteiger partial charge in [0.05, 0.1) is 6.10 Å². The van der Waals surface area contributed by atoms with Crippen LogP contribution in [-0.2, 0) is 9.53 Å². The summed E-state index contributed by atoms with van der Waals surface area (Å²) >= 11 is 0. The Morgan fingerprint density at radius 1 is 1.27 bits per heavy atom. The SMILES string of the molecule is CCOC1CC(NC(=O)CC2CCCN2)C12CCCCC2.Cl. The molecule has 4 nitrogen and oxygen atoms in total. The van der Waals surface area contributed by atoms with E-state index in [0.717, 1.165) is 26.0 Å². The normalized spacial score (nSPS) is 33.0. The molecule has 128 valence electrons. The molecular weight excluding hydrogens is 300 g/mol. The Hall–Kier alpha value is -0.320. The Morgan fingerprint density at radius 2 is 2.05 bits per heavy atom. The Balaban J connectivity index is 0.00000176. The Bertz CT molecular complexity index is 366. The molecule has 2 aliphatic carbocycles. The second kappa shape index (κ2) is 7.98. The molecule has 0 radical (unpaired) electrons. The fourth-order valence-electron chi connectivity index (χ4n) is 4.67. The minimum Gasteiger partial charge on any atom is -0.378 e. The van der Waals surface area contributed by atoms with Gasteiger partial charge in [0, 0.05) is 30.5 Å². The van der Waals surface area contributed by atoms with Crippen molar-refractivity contribution in [2.45, 2.75) is 82.9 Å². The van der Waals surface area contributed by atoms with Crippen molar-refractivity contribution in [2.75, 3.05) is 13.2 Å². The summed E-state index contributed by atoms with van der Waals surface area (Å²) in [5, 5.41) is 6.74. The van der Waals surface area contributed by atoms with Crippen molar-refractivity contribution in [1.29, 1.82) is 0 Å². The van der Waals surface area contributed by atoms with E-state index in [-0.39, 0.29) is 23.7 Å². The van der Waals surface area contributed by atoms with E-state index in [1.807, 2.05) is 0 Å². The quantitative estimate of drug-likeness (QED) is 0.815. The van der Waals surface area contributed by atoms with Gasteiger partial charge in [0.15, 0.2) is 0 Å². The zero-order valence-electron chi connectivity index (χ0n) is 13.7. The predicted molar refractivity (Wildman–Crippen MR) is 90.4 cm³/mol. The fraction of sp³-hybridized carbons (Fsp3) is 0.941. The number of ether oxygens (including phenoxy) is 1. The van der Waals surface area contributed by atoms with Gasteiger partial charge in [-0.3, -0.25) is 4.79 Å². The van der Waals surface area contributed by atoms with Crippen LogP contribution in [0.4, 0.5) is 0 Å². The van der Waals surface area contributed by atoms with Gasteiger partial charge in [-0.15, -0.1) is 12.4 Å². The van der Waals surface area contributed by atoms with Crippen molar-refractivity contribution in [1.82, 2.24) is 10.6 Å². The molecule has 0 aromatic rings. The maximum absolute atomic E-state index is 12.3. The third-order valence-electron chi connectivity index (χ3n) is 5.87. The minimum absolute atomic E-state index is 0. The number of carbonyl (C=O) groups is 1. The molecule has 22 heavy (non-hydrogen) atoms. The molecule has 1 heterocycles. The van der Waals surface area contributed by atoms with Crippen molar-refractivity contribution in [3.8, 4) is 0 Å². The van der Waals surface area contributed by atoms with Crippen LogP contribution in [0.2, 0.25) is 0 Å². The van der Waals surface area contributed by atoms with Gasteiger partial charge in [-0.2, -0.15) is 0 Å². The van der Waals surface area contributed by atoms with Crippen molar-refractivity contribution in [3.05, 3.63) is 0 Å². The van der Waals surface area contributed by atoms with E-state index in [4.69, 9.17) is 4.74 Å². The molecule has 2 saturated carbocycles. The number of carbonyl (C=O) groups excluding carboxylic acids is 1. The third-order valence-corrected chi connectivity index (χ3v) is 5.87. The van der Waals surface area contributed by atoms with Gasteiger partial charge in [0.25, 0.3) is 0 Å². The first-order valence-corrected chi connectivity index (χ1v) is 8.89. The number of hydrogen-bond donors (Lipinski definition) is 2. The molecule has 1 saturated heterocycles. The summed E-state index contributed by atoms with van der Waals surface area (Å²) in [6.45, 7) is 3.94. The van der Waals surface area contributed by atoms with E-state index in [2.05, 4.69) is 17.6 Å². The lowest BCUT2D eigenvalue weighted by atomic mass is 9.55.